The summed E-state index contributed by atoms with van der Waals surface area (Å²) in [5, 5.41) is 14.1. The summed E-state index contributed by atoms with van der Waals surface area (Å²) in [6.07, 6.45) is 2.24. The minimum absolute atomic E-state index is 0.0592. The molecule has 1 saturated heterocycles. The number of piperidine rings is 1. The van der Waals surface area contributed by atoms with Crippen LogP contribution in [0.25, 0.3) is 0 Å². The lowest BCUT2D eigenvalue weighted by molar-refractivity contribution is -0.138. The molecule has 0 aromatic heterocycles. The van der Waals surface area contributed by atoms with E-state index in [4.69, 9.17) is 5.11 Å². The summed E-state index contributed by atoms with van der Waals surface area (Å²) < 4.78 is 0. The third-order valence-electron chi connectivity index (χ3n) is 3.95. The molecule has 2 unspecified atom stereocenters. The fourth-order valence-corrected chi connectivity index (χ4v) is 2.62. The first-order valence-corrected chi connectivity index (χ1v) is 7.39. The second kappa shape index (κ2) is 8.49. The Bertz CT molecular complexity index is 386. The van der Waals surface area contributed by atoms with Gasteiger partial charge in [-0.2, -0.15) is 0 Å². The van der Waals surface area contributed by atoms with Crippen molar-refractivity contribution >= 4 is 17.9 Å². The Morgan fingerprint density at radius 3 is 2.71 bits per heavy atom. The van der Waals surface area contributed by atoms with Crippen molar-refractivity contribution in [2.24, 2.45) is 11.8 Å². The number of carboxylic acids is 1. The summed E-state index contributed by atoms with van der Waals surface area (Å²) in [6.45, 7) is 3.50. The fourth-order valence-electron chi connectivity index (χ4n) is 2.62. The SMILES string of the molecule is CNC(=O)CCNC(=O)N1CCCC(C(C)CC(=O)O)C1. The molecule has 0 aromatic carbocycles. The third-order valence-corrected chi connectivity index (χ3v) is 3.95. The largest absolute Gasteiger partial charge is 0.481 e. The standard InChI is InChI=1S/C14H25N3O4/c1-10(8-13(19)20)11-4-3-7-17(9-11)14(21)16-6-5-12(18)15-2/h10-11H,3-9H2,1-2H3,(H,15,18)(H,16,21)(H,19,20). The summed E-state index contributed by atoms with van der Waals surface area (Å²) in [6, 6.07) is -0.175. The number of aliphatic carboxylic acids is 1. The van der Waals surface area contributed by atoms with E-state index in [-0.39, 0.29) is 36.6 Å². The van der Waals surface area contributed by atoms with Crippen molar-refractivity contribution in [2.75, 3.05) is 26.7 Å². The lowest BCUT2D eigenvalue weighted by atomic mass is 9.85. The van der Waals surface area contributed by atoms with Gasteiger partial charge in [0.2, 0.25) is 5.91 Å². The number of hydrogen-bond donors (Lipinski definition) is 3. The number of carbonyl (C=O) groups excluding carboxylic acids is 2. The van der Waals surface area contributed by atoms with Gasteiger partial charge in [-0.25, -0.2) is 4.79 Å². The minimum Gasteiger partial charge on any atom is -0.481 e. The second-order valence-corrected chi connectivity index (χ2v) is 5.58. The third kappa shape index (κ3) is 6.01. The minimum atomic E-state index is -0.797. The van der Waals surface area contributed by atoms with Gasteiger partial charge in [0.15, 0.2) is 0 Å². The Morgan fingerprint density at radius 1 is 1.38 bits per heavy atom. The Morgan fingerprint density at radius 2 is 2.10 bits per heavy atom. The van der Waals surface area contributed by atoms with E-state index in [0.29, 0.717) is 19.6 Å². The average Bonchev–Trinajstić information content (AvgIpc) is 2.46. The van der Waals surface area contributed by atoms with Crippen LogP contribution in [0.3, 0.4) is 0 Å². The van der Waals surface area contributed by atoms with E-state index in [2.05, 4.69) is 10.6 Å². The lowest BCUT2D eigenvalue weighted by Gasteiger charge is -2.35. The van der Waals surface area contributed by atoms with Crippen molar-refractivity contribution in [3.05, 3.63) is 0 Å². The zero-order valence-electron chi connectivity index (χ0n) is 12.7. The maximum Gasteiger partial charge on any atom is 0.317 e. The van der Waals surface area contributed by atoms with Crippen LogP contribution >= 0.6 is 0 Å². The second-order valence-electron chi connectivity index (χ2n) is 5.58. The summed E-state index contributed by atoms with van der Waals surface area (Å²) in [7, 11) is 1.56. The number of amides is 3. The topological polar surface area (TPSA) is 98.7 Å². The Labute approximate surface area is 125 Å². The van der Waals surface area contributed by atoms with E-state index in [1.54, 1.807) is 11.9 Å². The van der Waals surface area contributed by atoms with Gasteiger partial charge in [-0.05, 0) is 24.7 Å². The smallest absolute Gasteiger partial charge is 0.317 e. The molecule has 1 rings (SSSR count). The van der Waals surface area contributed by atoms with Crippen LogP contribution in [0.1, 0.15) is 32.6 Å². The van der Waals surface area contributed by atoms with Crippen LogP contribution in [0.5, 0.6) is 0 Å². The quantitative estimate of drug-likeness (QED) is 0.671. The van der Waals surface area contributed by atoms with Crippen molar-refractivity contribution in [1.82, 2.24) is 15.5 Å². The molecule has 21 heavy (non-hydrogen) atoms. The normalized spacial score (nSPS) is 19.7. The number of nitrogens with one attached hydrogen (secondary N) is 2. The summed E-state index contributed by atoms with van der Waals surface area (Å²) in [5.74, 6) is -0.625. The lowest BCUT2D eigenvalue weighted by Crippen LogP contribution is -2.47. The highest BCUT2D eigenvalue weighted by Gasteiger charge is 2.28. The van der Waals surface area contributed by atoms with Gasteiger partial charge in [0.25, 0.3) is 0 Å². The van der Waals surface area contributed by atoms with Crippen LogP contribution < -0.4 is 10.6 Å². The molecule has 1 heterocycles. The molecule has 0 aliphatic carbocycles. The maximum atomic E-state index is 12.0. The molecule has 1 aliphatic heterocycles. The van der Waals surface area contributed by atoms with Crippen LogP contribution in [0.4, 0.5) is 4.79 Å². The average molecular weight is 299 g/mol. The van der Waals surface area contributed by atoms with Gasteiger partial charge in [-0.1, -0.05) is 6.92 Å². The van der Waals surface area contributed by atoms with Gasteiger partial charge in [-0.15, -0.1) is 0 Å². The predicted octanol–water partition coefficient (Wildman–Crippen LogP) is 0.655. The van der Waals surface area contributed by atoms with Crippen LogP contribution in [0.15, 0.2) is 0 Å². The molecular formula is C14H25N3O4. The number of urea groups is 1. The molecule has 0 spiro atoms. The number of carboxylic acid groups (broad SMARTS) is 1. The van der Waals surface area contributed by atoms with E-state index in [1.165, 1.54) is 0 Å². The fraction of sp³-hybridized carbons (Fsp3) is 0.786. The van der Waals surface area contributed by atoms with Crippen LogP contribution in [-0.2, 0) is 9.59 Å². The first kappa shape index (κ1) is 17.3. The summed E-state index contributed by atoms with van der Waals surface area (Å²) >= 11 is 0. The molecule has 1 aliphatic rings. The van der Waals surface area contributed by atoms with Crippen molar-refractivity contribution in [3.8, 4) is 0 Å². The van der Waals surface area contributed by atoms with E-state index < -0.39 is 5.97 Å². The highest BCUT2D eigenvalue weighted by molar-refractivity contribution is 5.78. The van der Waals surface area contributed by atoms with Gasteiger partial charge in [0, 0.05) is 39.5 Å². The summed E-state index contributed by atoms with van der Waals surface area (Å²) in [5.41, 5.74) is 0. The van der Waals surface area contributed by atoms with E-state index in [9.17, 15) is 14.4 Å². The van der Waals surface area contributed by atoms with Gasteiger partial charge >= 0.3 is 12.0 Å². The number of carbonyl (C=O) groups is 3. The molecule has 7 heteroatoms. The van der Waals surface area contributed by atoms with E-state index in [1.807, 2.05) is 6.92 Å². The summed E-state index contributed by atoms with van der Waals surface area (Å²) in [4.78, 5) is 35.6. The van der Waals surface area contributed by atoms with Crippen molar-refractivity contribution in [3.63, 3.8) is 0 Å². The predicted molar refractivity (Wildman–Crippen MR) is 77.8 cm³/mol. The van der Waals surface area contributed by atoms with Gasteiger partial charge in [-0.3, -0.25) is 9.59 Å². The number of likely N-dealkylation sites (tertiary alicyclic amines) is 1. The van der Waals surface area contributed by atoms with E-state index >= 15 is 0 Å². The van der Waals surface area contributed by atoms with Gasteiger partial charge in [0.1, 0.15) is 0 Å². The molecule has 1 fully saturated rings. The molecular weight excluding hydrogens is 274 g/mol. The van der Waals surface area contributed by atoms with Crippen LogP contribution in [0, 0.1) is 11.8 Å². The molecule has 0 saturated carbocycles. The highest BCUT2D eigenvalue weighted by Crippen LogP contribution is 2.26. The number of hydrogen-bond acceptors (Lipinski definition) is 3. The molecule has 120 valence electrons. The zero-order chi connectivity index (χ0) is 15.8. The van der Waals surface area contributed by atoms with Gasteiger partial charge in [0.05, 0.1) is 0 Å². The molecule has 3 amide bonds. The van der Waals surface area contributed by atoms with Crippen molar-refractivity contribution in [2.45, 2.75) is 32.6 Å². The van der Waals surface area contributed by atoms with Crippen LogP contribution in [-0.4, -0.2) is 54.6 Å². The first-order chi connectivity index (χ1) is 9.93. The maximum absolute atomic E-state index is 12.0. The molecule has 0 aromatic rings. The van der Waals surface area contributed by atoms with E-state index in [0.717, 1.165) is 12.8 Å². The molecule has 7 nitrogen and oxygen atoms in total. The van der Waals surface area contributed by atoms with Crippen molar-refractivity contribution in [1.29, 1.82) is 0 Å². The Hall–Kier alpha value is -1.79. The molecule has 0 bridgehead atoms. The number of rotatable bonds is 6. The number of nitrogens with zero attached hydrogens (tertiary/aromatic N) is 1. The Kier molecular flexibility index (Phi) is 6.98. The molecule has 0 radical (unpaired) electrons. The highest BCUT2D eigenvalue weighted by atomic mass is 16.4. The van der Waals surface area contributed by atoms with Crippen LogP contribution in [0.2, 0.25) is 0 Å². The molecule has 3 N–H and O–H groups in total. The van der Waals surface area contributed by atoms with Crippen molar-refractivity contribution < 1.29 is 19.5 Å². The first-order valence-electron chi connectivity index (χ1n) is 7.39. The Balaban J connectivity index is 2.39. The zero-order valence-corrected chi connectivity index (χ0v) is 12.7. The monoisotopic (exact) mass is 299 g/mol. The van der Waals surface area contributed by atoms with Gasteiger partial charge < -0.3 is 20.6 Å². The molecule has 2 atom stereocenters.